The van der Waals surface area contributed by atoms with Crippen LogP contribution in [-0.2, 0) is 0 Å². The quantitative estimate of drug-likeness (QED) is 0.329. The lowest BCUT2D eigenvalue weighted by molar-refractivity contribution is 0.475. The predicted octanol–water partition coefficient (Wildman–Crippen LogP) is 4.51. The van der Waals surface area contributed by atoms with Crippen LogP contribution in [0.4, 0.5) is 34.9 Å². The molecule has 0 spiro atoms. The Bertz CT molecular complexity index is 1060. The van der Waals surface area contributed by atoms with E-state index in [1.165, 1.54) is 0 Å². The van der Waals surface area contributed by atoms with E-state index < -0.39 is 0 Å². The van der Waals surface area contributed by atoms with Crippen molar-refractivity contribution >= 4 is 34.9 Å². The van der Waals surface area contributed by atoms with Crippen molar-refractivity contribution in [1.29, 1.82) is 0 Å². The smallest absolute Gasteiger partial charge is 0.233 e. The van der Waals surface area contributed by atoms with E-state index >= 15 is 0 Å². The standard InChI is InChI=1S/C21H18N6O2/c28-17-10-4-8-15(12-17)23-20-25-19(22-14-6-2-1-3-7-14)26-21(27-20)24-16-9-5-11-18(29)13-16/h1-13,28-29H,(H3,22,23,24,25,26,27). The maximum atomic E-state index is 9.67. The molecule has 0 atom stereocenters. The Labute approximate surface area is 166 Å². The van der Waals surface area contributed by atoms with Crippen LogP contribution in [0.5, 0.6) is 11.5 Å². The lowest BCUT2D eigenvalue weighted by atomic mass is 10.3. The van der Waals surface area contributed by atoms with Gasteiger partial charge >= 0.3 is 0 Å². The zero-order chi connectivity index (χ0) is 20.1. The number of anilines is 6. The van der Waals surface area contributed by atoms with E-state index in [0.717, 1.165) is 5.69 Å². The average molecular weight is 386 g/mol. The van der Waals surface area contributed by atoms with Gasteiger partial charge in [0.1, 0.15) is 11.5 Å². The van der Waals surface area contributed by atoms with Gasteiger partial charge in [0.25, 0.3) is 0 Å². The molecule has 3 aromatic carbocycles. The number of benzene rings is 3. The van der Waals surface area contributed by atoms with Crippen LogP contribution >= 0.6 is 0 Å². The highest BCUT2D eigenvalue weighted by Gasteiger charge is 2.09. The average Bonchev–Trinajstić information content (AvgIpc) is 2.69. The van der Waals surface area contributed by atoms with Gasteiger partial charge in [-0.25, -0.2) is 0 Å². The number of phenols is 2. The van der Waals surface area contributed by atoms with Gasteiger partial charge in [0.2, 0.25) is 17.8 Å². The largest absolute Gasteiger partial charge is 0.508 e. The zero-order valence-electron chi connectivity index (χ0n) is 15.2. The lowest BCUT2D eigenvalue weighted by Crippen LogP contribution is -2.07. The Balaban J connectivity index is 1.66. The number of phenolic OH excluding ortho intramolecular Hbond substituents is 2. The minimum absolute atomic E-state index is 0.129. The molecule has 144 valence electrons. The number of aromatic nitrogens is 3. The molecule has 1 heterocycles. The topological polar surface area (TPSA) is 115 Å². The Hall–Kier alpha value is -4.33. The van der Waals surface area contributed by atoms with Crippen molar-refractivity contribution in [2.24, 2.45) is 0 Å². The van der Waals surface area contributed by atoms with E-state index in [4.69, 9.17) is 0 Å². The van der Waals surface area contributed by atoms with Crippen LogP contribution in [0.1, 0.15) is 0 Å². The first-order chi connectivity index (χ1) is 14.1. The summed E-state index contributed by atoms with van der Waals surface area (Å²) in [7, 11) is 0. The second kappa shape index (κ2) is 8.13. The first kappa shape index (κ1) is 18.1. The van der Waals surface area contributed by atoms with Gasteiger partial charge in [0.15, 0.2) is 0 Å². The summed E-state index contributed by atoms with van der Waals surface area (Å²) in [4.78, 5) is 13.2. The van der Waals surface area contributed by atoms with Crippen molar-refractivity contribution in [3.8, 4) is 11.5 Å². The van der Waals surface area contributed by atoms with E-state index in [0.29, 0.717) is 17.3 Å². The van der Waals surface area contributed by atoms with Gasteiger partial charge in [0, 0.05) is 29.2 Å². The zero-order valence-corrected chi connectivity index (χ0v) is 15.2. The fourth-order valence-corrected chi connectivity index (χ4v) is 2.62. The molecular weight excluding hydrogens is 368 g/mol. The molecule has 1 aromatic heterocycles. The summed E-state index contributed by atoms with van der Waals surface area (Å²) in [6.45, 7) is 0. The Morgan fingerprint density at radius 1 is 0.483 bits per heavy atom. The molecule has 0 bridgehead atoms. The van der Waals surface area contributed by atoms with Crippen LogP contribution in [0.15, 0.2) is 78.9 Å². The Morgan fingerprint density at radius 3 is 1.34 bits per heavy atom. The molecule has 0 amide bonds. The van der Waals surface area contributed by atoms with Crippen LogP contribution in [0.3, 0.4) is 0 Å². The number of aromatic hydroxyl groups is 2. The molecule has 0 saturated heterocycles. The summed E-state index contributed by atoms with van der Waals surface area (Å²) < 4.78 is 0. The molecule has 0 fully saturated rings. The van der Waals surface area contributed by atoms with Gasteiger partial charge in [-0.05, 0) is 36.4 Å². The first-order valence-electron chi connectivity index (χ1n) is 8.84. The molecular formula is C21H18N6O2. The van der Waals surface area contributed by atoms with E-state index in [9.17, 15) is 10.2 Å². The summed E-state index contributed by atoms with van der Waals surface area (Å²) >= 11 is 0. The number of nitrogens with one attached hydrogen (secondary N) is 3. The molecule has 0 unspecified atom stereocenters. The Kier molecular flexibility index (Phi) is 5.06. The molecule has 0 radical (unpaired) electrons. The molecule has 0 aliphatic rings. The van der Waals surface area contributed by atoms with Crippen molar-refractivity contribution < 1.29 is 10.2 Å². The van der Waals surface area contributed by atoms with Crippen LogP contribution in [0.2, 0.25) is 0 Å². The monoisotopic (exact) mass is 386 g/mol. The van der Waals surface area contributed by atoms with Crippen LogP contribution in [0, 0.1) is 0 Å². The summed E-state index contributed by atoms with van der Waals surface area (Å²) in [6, 6.07) is 22.8. The highest BCUT2D eigenvalue weighted by Crippen LogP contribution is 2.23. The van der Waals surface area contributed by atoms with Gasteiger partial charge in [-0.1, -0.05) is 30.3 Å². The van der Waals surface area contributed by atoms with E-state index in [2.05, 4.69) is 30.9 Å². The van der Waals surface area contributed by atoms with Gasteiger partial charge in [-0.2, -0.15) is 15.0 Å². The van der Waals surface area contributed by atoms with Crippen molar-refractivity contribution in [2.75, 3.05) is 16.0 Å². The second-order valence-electron chi connectivity index (χ2n) is 6.15. The van der Waals surface area contributed by atoms with Crippen molar-refractivity contribution in [3.63, 3.8) is 0 Å². The van der Waals surface area contributed by atoms with Crippen molar-refractivity contribution in [3.05, 3.63) is 78.9 Å². The van der Waals surface area contributed by atoms with Crippen LogP contribution in [-0.4, -0.2) is 25.2 Å². The number of hydrogen-bond acceptors (Lipinski definition) is 8. The maximum Gasteiger partial charge on any atom is 0.233 e. The van der Waals surface area contributed by atoms with Crippen LogP contribution in [0.25, 0.3) is 0 Å². The molecule has 4 rings (SSSR count). The highest BCUT2D eigenvalue weighted by atomic mass is 16.3. The van der Waals surface area contributed by atoms with Gasteiger partial charge in [-0.15, -0.1) is 0 Å². The molecule has 5 N–H and O–H groups in total. The SMILES string of the molecule is Oc1cccc(Nc2nc(Nc3ccccc3)nc(Nc3cccc(O)c3)n2)c1. The normalized spacial score (nSPS) is 10.3. The number of para-hydroxylation sites is 1. The number of hydrogen-bond donors (Lipinski definition) is 5. The first-order valence-corrected chi connectivity index (χ1v) is 8.84. The summed E-state index contributed by atoms with van der Waals surface area (Å²) in [5.74, 6) is 1.16. The van der Waals surface area contributed by atoms with E-state index in [-0.39, 0.29) is 23.4 Å². The second-order valence-corrected chi connectivity index (χ2v) is 6.15. The highest BCUT2D eigenvalue weighted by molar-refractivity contribution is 5.62. The van der Waals surface area contributed by atoms with Gasteiger partial charge in [-0.3, -0.25) is 0 Å². The fraction of sp³-hybridized carbons (Fsp3) is 0. The fourth-order valence-electron chi connectivity index (χ4n) is 2.62. The van der Waals surface area contributed by atoms with Crippen LogP contribution < -0.4 is 16.0 Å². The minimum atomic E-state index is 0.129. The summed E-state index contributed by atoms with van der Waals surface area (Å²) in [5, 5.41) is 28.6. The molecule has 4 aromatic rings. The third kappa shape index (κ3) is 4.89. The minimum Gasteiger partial charge on any atom is -0.508 e. The third-order valence-corrected chi connectivity index (χ3v) is 3.87. The molecule has 8 nitrogen and oxygen atoms in total. The van der Waals surface area contributed by atoms with Gasteiger partial charge < -0.3 is 26.2 Å². The number of rotatable bonds is 6. The molecule has 0 saturated carbocycles. The summed E-state index contributed by atoms with van der Waals surface area (Å²) in [5.41, 5.74) is 2.08. The van der Waals surface area contributed by atoms with Crippen molar-refractivity contribution in [1.82, 2.24) is 15.0 Å². The lowest BCUT2D eigenvalue weighted by Gasteiger charge is -2.12. The molecule has 0 aliphatic heterocycles. The molecule has 8 heteroatoms. The summed E-state index contributed by atoms with van der Waals surface area (Å²) in [6.07, 6.45) is 0. The van der Waals surface area contributed by atoms with Gasteiger partial charge in [0.05, 0.1) is 0 Å². The number of nitrogens with zero attached hydrogens (tertiary/aromatic N) is 3. The predicted molar refractivity (Wildman–Crippen MR) is 112 cm³/mol. The maximum absolute atomic E-state index is 9.67. The third-order valence-electron chi connectivity index (χ3n) is 3.87. The molecule has 0 aliphatic carbocycles. The van der Waals surface area contributed by atoms with E-state index in [1.54, 1.807) is 48.5 Å². The van der Waals surface area contributed by atoms with E-state index in [1.807, 2.05) is 30.3 Å². The molecule has 29 heavy (non-hydrogen) atoms. The van der Waals surface area contributed by atoms with Crippen molar-refractivity contribution in [2.45, 2.75) is 0 Å². The Morgan fingerprint density at radius 2 is 0.897 bits per heavy atom.